The van der Waals surface area contributed by atoms with Crippen LogP contribution in [0.1, 0.15) is 0 Å². The van der Waals surface area contributed by atoms with Gasteiger partial charge in [0, 0.05) is 17.1 Å². The van der Waals surface area contributed by atoms with Gasteiger partial charge in [-0.3, -0.25) is 0 Å². The fraction of sp³-hybridized carbons (Fsp3) is 0.600. The minimum atomic E-state index is -1.82. The Hall–Kier alpha value is -0.621. The molecule has 0 heterocycles. The van der Waals surface area contributed by atoms with E-state index in [9.17, 15) is 0 Å². The van der Waals surface area contributed by atoms with Crippen molar-refractivity contribution < 1.29 is 36.9 Å². The van der Waals surface area contributed by atoms with E-state index in [2.05, 4.69) is 0 Å². The smallest absolute Gasteiger partial charge is 0.414 e. The van der Waals surface area contributed by atoms with E-state index in [1.165, 1.54) is 0 Å². The van der Waals surface area contributed by atoms with E-state index in [0.717, 1.165) is 0 Å². The van der Waals surface area contributed by atoms with Crippen molar-refractivity contribution in [2.24, 2.45) is 0 Å². The fourth-order valence-corrected chi connectivity index (χ4v) is 0. The number of carboxylic acids is 2. The molecule has 12 heavy (non-hydrogen) atoms. The van der Waals surface area contributed by atoms with Crippen molar-refractivity contribution in [3.8, 4) is 0 Å². The molecule has 0 saturated heterocycles. The standard InChI is InChI=1S/C3H9N.C2H2O4.Fe.H3N/c1-4(2)3;3-1(4)2(5)6;;/h1-3H3;(H,3,4)(H,5,6);;1H3. The zero-order valence-electron chi connectivity index (χ0n) is 7.22. The Balaban J connectivity index is -0.0000000483. The van der Waals surface area contributed by atoms with Crippen LogP contribution in [0, 0.1) is 0 Å². The number of nitrogens with zero attached hydrogens (tertiary/aromatic N) is 1. The maximum absolute atomic E-state index is 9.10. The summed E-state index contributed by atoms with van der Waals surface area (Å²) < 4.78 is 0. The minimum Gasteiger partial charge on any atom is -0.473 e. The second kappa shape index (κ2) is 13.0. The molecular formula is C5H14FeN2O4. The number of hydrogen-bond donors (Lipinski definition) is 3. The van der Waals surface area contributed by atoms with Crippen LogP contribution in [-0.2, 0) is 26.7 Å². The molecule has 76 valence electrons. The first kappa shape index (κ1) is 22.5. The molecule has 0 aromatic rings. The van der Waals surface area contributed by atoms with Gasteiger partial charge in [-0.2, -0.15) is 0 Å². The van der Waals surface area contributed by atoms with Gasteiger partial charge in [0.1, 0.15) is 0 Å². The van der Waals surface area contributed by atoms with Crippen LogP contribution in [0.3, 0.4) is 0 Å². The van der Waals surface area contributed by atoms with Gasteiger partial charge in [-0.15, -0.1) is 0 Å². The van der Waals surface area contributed by atoms with Crippen LogP contribution in [0.5, 0.6) is 0 Å². The summed E-state index contributed by atoms with van der Waals surface area (Å²) >= 11 is 0. The second-order valence-electron chi connectivity index (χ2n) is 1.95. The topological polar surface area (TPSA) is 113 Å². The van der Waals surface area contributed by atoms with Crippen molar-refractivity contribution in [3.05, 3.63) is 0 Å². The summed E-state index contributed by atoms with van der Waals surface area (Å²) in [6.07, 6.45) is 0. The summed E-state index contributed by atoms with van der Waals surface area (Å²) in [5.74, 6) is -3.65. The van der Waals surface area contributed by atoms with E-state index >= 15 is 0 Å². The summed E-state index contributed by atoms with van der Waals surface area (Å²) in [7, 11) is 6.00. The van der Waals surface area contributed by atoms with Crippen molar-refractivity contribution in [1.29, 1.82) is 0 Å². The Morgan fingerprint density at radius 3 is 1.08 bits per heavy atom. The first-order valence-corrected chi connectivity index (χ1v) is 2.45. The number of carbonyl (C=O) groups is 2. The summed E-state index contributed by atoms with van der Waals surface area (Å²) in [5, 5.41) is 14.8. The predicted octanol–water partition coefficient (Wildman–Crippen LogP) is -0.507. The fourth-order valence-electron chi connectivity index (χ4n) is 0. The predicted molar refractivity (Wildman–Crippen MR) is 39.9 cm³/mol. The summed E-state index contributed by atoms with van der Waals surface area (Å²) in [6.45, 7) is 0. The number of aliphatic carboxylic acids is 2. The summed E-state index contributed by atoms with van der Waals surface area (Å²) in [6, 6.07) is 0. The van der Waals surface area contributed by atoms with Crippen molar-refractivity contribution in [2.45, 2.75) is 0 Å². The maximum Gasteiger partial charge on any atom is 0.414 e. The van der Waals surface area contributed by atoms with E-state index in [1.54, 1.807) is 0 Å². The van der Waals surface area contributed by atoms with Crippen molar-refractivity contribution in [1.82, 2.24) is 11.1 Å². The van der Waals surface area contributed by atoms with Crippen LogP contribution in [0.25, 0.3) is 0 Å². The molecule has 6 nitrogen and oxygen atoms in total. The van der Waals surface area contributed by atoms with E-state index < -0.39 is 11.9 Å². The average molecular weight is 222 g/mol. The molecular weight excluding hydrogens is 208 g/mol. The van der Waals surface area contributed by atoms with Gasteiger partial charge in [-0.05, 0) is 21.1 Å². The van der Waals surface area contributed by atoms with Crippen molar-refractivity contribution in [3.63, 3.8) is 0 Å². The van der Waals surface area contributed by atoms with Crippen LogP contribution < -0.4 is 6.15 Å². The van der Waals surface area contributed by atoms with Crippen LogP contribution >= 0.6 is 0 Å². The Bertz CT molecular complexity index is 114. The molecule has 7 heteroatoms. The molecule has 0 rings (SSSR count). The third kappa shape index (κ3) is 57.7. The van der Waals surface area contributed by atoms with Gasteiger partial charge in [-0.1, -0.05) is 0 Å². The van der Waals surface area contributed by atoms with Crippen LogP contribution in [-0.4, -0.2) is 48.2 Å². The monoisotopic (exact) mass is 222 g/mol. The quantitative estimate of drug-likeness (QED) is 0.376. The van der Waals surface area contributed by atoms with Gasteiger partial charge in [0.25, 0.3) is 0 Å². The molecule has 0 aromatic heterocycles. The number of carboxylic acid groups (broad SMARTS) is 2. The second-order valence-corrected chi connectivity index (χ2v) is 1.95. The third-order valence-corrected chi connectivity index (χ3v) is 0.183. The van der Waals surface area contributed by atoms with E-state index in [-0.39, 0.29) is 23.2 Å². The maximum atomic E-state index is 9.10. The van der Waals surface area contributed by atoms with Gasteiger partial charge < -0.3 is 21.3 Å². The summed E-state index contributed by atoms with van der Waals surface area (Å²) in [4.78, 5) is 20.2. The molecule has 0 aliphatic heterocycles. The van der Waals surface area contributed by atoms with E-state index in [1.807, 2.05) is 26.0 Å². The first-order valence-electron chi connectivity index (χ1n) is 2.45. The Morgan fingerprint density at radius 2 is 1.08 bits per heavy atom. The first-order chi connectivity index (χ1) is 4.37. The zero-order chi connectivity index (χ0) is 8.73. The molecule has 5 N–H and O–H groups in total. The molecule has 0 atom stereocenters. The third-order valence-electron chi connectivity index (χ3n) is 0.183. The molecule has 0 fully saturated rings. The van der Waals surface area contributed by atoms with Gasteiger partial charge >= 0.3 is 11.9 Å². The van der Waals surface area contributed by atoms with Gasteiger partial charge in [0.05, 0.1) is 0 Å². The van der Waals surface area contributed by atoms with E-state index in [4.69, 9.17) is 19.8 Å². The molecule has 0 bridgehead atoms. The van der Waals surface area contributed by atoms with Crippen LogP contribution in [0.4, 0.5) is 0 Å². The molecule has 0 aromatic carbocycles. The number of rotatable bonds is 0. The minimum absolute atomic E-state index is 0. The number of hydrogen-bond acceptors (Lipinski definition) is 4. The Kier molecular flexibility index (Phi) is 24.4. The molecule has 0 unspecified atom stereocenters. The SMILES string of the molecule is CN(C)C.N.O=C(O)C(=O)O.[Fe]. The van der Waals surface area contributed by atoms with Crippen LogP contribution in [0.2, 0.25) is 0 Å². The molecule has 0 saturated carbocycles. The van der Waals surface area contributed by atoms with Crippen LogP contribution in [0.15, 0.2) is 0 Å². The Morgan fingerprint density at radius 1 is 1.00 bits per heavy atom. The largest absolute Gasteiger partial charge is 0.473 e. The van der Waals surface area contributed by atoms with Gasteiger partial charge in [-0.25, -0.2) is 9.59 Å². The van der Waals surface area contributed by atoms with Gasteiger partial charge in [0.15, 0.2) is 0 Å². The Labute approximate surface area is 81.6 Å². The van der Waals surface area contributed by atoms with Gasteiger partial charge in [0.2, 0.25) is 0 Å². The summed E-state index contributed by atoms with van der Waals surface area (Å²) in [5.41, 5.74) is 0. The molecule has 0 amide bonds. The zero-order valence-corrected chi connectivity index (χ0v) is 8.32. The van der Waals surface area contributed by atoms with Crippen molar-refractivity contribution >= 4 is 11.9 Å². The van der Waals surface area contributed by atoms with E-state index in [0.29, 0.717) is 0 Å². The average Bonchev–Trinajstić information content (AvgIpc) is 1.63. The molecule has 0 aliphatic rings. The molecule has 0 spiro atoms. The molecule has 0 radical (unpaired) electrons. The molecule has 0 aliphatic carbocycles. The van der Waals surface area contributed by atoms with Crippen molar-refractivity contribution in [2.75, 3.05) is 21.1 Å². The normalized spacial score (nSPS) is 6.67.